The third-order valence-electron chi connectivity index (χ3n) is 6.81. The van der Waals surface area contributed by atoms with Gasteiger partial charge in [0.15, 0.2) is 0 Å². The number of carbonyl (C=O) groups excluding carboxylic acids is 1. The van der Waals surface area contributed by atoms with Crippen molar-refractivity contribution in [3.63, 3.8) is 0 Å². The molecule has 2 aliphatic heterocycles. The lowest BCUT2D eigenvalue weighted by atomic mass is 9.94. The first-order valence-electron chi connectivity index (χ1n) is 11.5. The van der Waals surface area contributed by atoms with E-state index in [1.54, 1.807) is 6.33 Å². The molecule has 3 aromatic rings. The Kier molecular flexibility index (Phi) is 5.74. The zero-order valence-electron chi connectivity index (χ0n) is 18.0. The van der Waals surface area contributed by atoms with E-state index in [0.717, 1.165) is 51.7 Å². The molecular formula is C26H30N4O. The highest BCUT2D eigenvalue weighted by atomic mass is 16.2. The van der Waals surface area contributed by atoms with Crippen molar-refractivity contribution >= 4 is 17.3 Å². The number of imidazole rings is 1. The molecule has 2 aliphatic rings. The Hall–Kier alpha value is -3.08. The standard InChI is InChI=1S/C26H30N4O/c31-26(29-16-13-20(14-17-29)23-18-27-19-28-23)10-5-15-30-24-8-3-1-6-21(24)11-12-22-7-2-4-9-25(22)30/h1-4,6-9,18-20H,5,10-17H2,(H,27,28). The van der Waals surface area contributed by atoms with Gasteiger partial charge in [0.25, 0.3) is 0 Å². The molecule has 3 heterocycles. The zero-order chi connectivity index (χ0) is 21.0. The van der Waals surface area contributed by atoms with Crippen LogP contribution in [0.1, 0.15) is 48.4 Å². The molecule has 1 fully saturated rings. The summed E-state index contributed by atoms with van der Waals surface area (Å²) in [7, 11) is 0. The number of nitrogens with zero attached hydrogens (tertiary/aromatic N) is 3. The fourth-order valence-corrected chi connectivity index (χ4v) is 5.09. The summed E-state index contributed by atoms with van der Waals surface area (Å²) in [6.45, 7) is 2.56. The first-order valence-corrected chi connectivity index (χ1v) is 11.5. The van der Waals surface area contributed by atoms with Crippen LogP contribution >= 0.6 is 0 Å². The van der Waals surface area contributed by atoms with Gasteiger partial charge in [-0.25, -0.2) is 4.98 Å². The van der Waals surface area contributed by atoms with Crippen molar-refractivity contribution in [2.75, 3.05) is 24.5 Å². The van der Waals surface area contributed by atoms with E-state index in [-0.39, 0.29) is 0 Å². The van der Waals surface area contributed by atoms with Crippen molar-refractivity contribution in [2.24, 2.45) is 0 Å². The van der Waals surface area contributed by atoms with E-state index in [0.29, 0.717) is 18.2 Å². The summed E-state index contributed by atoms with van der Waals surface area (Å²) in [5.41, 5.74) is 6.57. The predicted octanol–water partition coefficient (Wildman–Crippen LogP) is 4.83. The van der Waals surface area contributed by atoms with Crippen molar-refractivity contribution in [1.82, 2.24) is 14.9 Å². The van der Waals surface area contributed by atoms with E-state index in [9.17, 15) is 4.79 Å². The quantitative estimate of drug-likeness (QED) is 0.650. The Morgan fingerprint density at radius 2 is 1.61 bits per heavy atom. The van der Waals surface area contributed by atoms with Gasteiger partial charge in [-0.3, -0.25) is 4.79 Å². The van der Waals surface area contributed by atoms with Gasteiger partial charge in [0, 0.05) is 55.2 Å². The topological polar surface area (TPSA) is 52.2 Å². The van der Waals surface area contributed by atoms with Crippen molar-refractivity contribution < 1.29 is 4.79 Å². The van der Waals surface area contributed by atoms with E-state index >= 15 is 0 Å². The highest BCUT2D eigenvalue weighted by molar-refractivity contribution is 5.76. The number of para-hydroxylation sites is 2. The second-order valence-electron chi connectivity index (χ2n) is 8.67. The Morgan fingerprint density at radius 1 is 0.968 bits per heavy atom. The number of piperidine rings is 1. The number of fused-ring (bicyclic) bond motifs is 2. The van der Waals surface area contributed by atoms with Crippen LogP contribution < -0.4 is 4.90 Å². The maximum Gasteiger partial charge on any atom is 0.222 e. The second kappa shape index (κ2) is 8.96. The summed E-state index contributed by atoms with van der Waals surface area (Å²) in [5.74, 6) is 0.788. The van der Waals surface area contributed by atoms with Gasteiger partial charge in [0.1, 0.15) is 0 Å². The third kappa shape index (κ3) is 4.22. The number of amides is 1. The molecule has 0 unspecified atom stereocenters. The van der Waals surface area contributed by atoms with Gasteiger partial charge in [-0.05, 0) is 55.4 Å². The van der Waals surface area contributed by atoms with Gasteiger partial charge in [-0.2, -0.15) is 0 Å². The van der Waals surface area contributed by atoms with Gasteiger partial charge in [0.2, 0.25) is 5.91 Å². The monoisotopic (exact) mass is 414 g/mol. The van der Waals surface area contributed by atoms with Gasteiger partial charge in [-0.1, -0.05) is 36.4 Å². The van der Waals surface area contributed by atoms with Crippen molar-refractivity contribution in [1.29, 1.82) is 0 Å². The summed E-state index contributed by atoms with van der Waals surface area (Å²) < 4.78 is 0. The highest BCUT2D eigenvalue weighted by Crippen LogP contribution is 2.36. The number of nitrogens with one attached hydrogen (secondary N) is 1. The molecule has 0 saturated carbocycles. The summed E-state index contributed by atoms with van der Waals surface area (Å²) in [5, 5.41) is 0. The molecule has 0 bridgehead atoms. The van der Waals surface area contributed by atoms with E-state index in [1.165, 1.54) is 28.2 Å². The lowest BCUT2D eigenvalue weighted by Crippen LogP contribution is -2.38. The van der Waals surface area contributed by atoms with Crippen LogP contribution in [0.4, 0.5) is 11.4 Å². The molecule has 31 heavy (non-hydrogen) atoms. The summed E-state index contributed by atoms with van der Waals surface area (Å²) in [6.07, 6.45) is 9.28. The first kappa shape index (κ1) is 19.9. The summed E-state index contributed by atoms with van der Waals surface area (Å²) in [6, 6.07) is 17.4. The minimum Gasteiger partial charge on any atom is -0.348 e. The van der Waals surface area contributed by atoms with Crippen molar-refractivity contribution in [3.05, 3.63) is 77.9 Å². The molecule has 2 aromatic carbocycles. The van der Waals surface area contributed by atoms with Crippen LogP contribution in [-0.2, 0) is 17.6 Å². The molecule has 0 radical (unpaired) electrons. The molecule has 1 aromatic heterocycles. The number of hydrogen-bond donors (Lipinski definition) is 1. The smallest absolute Gasteiger partial charge is 0.222 e. The van der Waals surface area contributed by atoms with Crippen molar-refractivity contribution in [3.8, 4) is 0 Å². The second-order valence-corrected chi connectivity index (χ2v) is 8.67. The van der Waals surface area contributed by atoms with E-state index < -0.39 is 0 Å². The average Bonchev–Trinajstić information content (AvgIpc) is 3.31. The molecule has 1 saturated heterocycles. The van der Waals surface area contributed by atoms with Gasteiger partial charge < -0.3 is 14.8 Å². The molecule has 0 aliphatic carbocycles. The number of aryl methyl sites for hydroxylation is 2. The first-order chi connectivity index (χ1) is 15.3. The number of anilines is 2. The van der Waals surface area contributed by atoms with Gasteiger partial charge in [-0.15, -0.1) is 0 Å². The number of aromatic amines is 1. The number of H-pyrrole nitrogens is 1. The maximum atomic E-state index is 12.9. The number of hydrogen-bond acceptors (Lipinski definition) is 3. The molecule has 0 atom stereocenters. The van der Waals surface area contributed by atoms with E-state index in [4.69, 9.17) is 0 Å². The number of aromatic nitrogens is 2. The lowest BCUT2D eigenvalue weighted by Gasteiger charge is -2.32. The highest BCUT2D eigenvalue weighted by Gasteiger charge is 2.25. The van der Waals surface area contributed by atoms with Crippen molar-refractivity contribution in [2.45, 2.75) is 44.4 Å². The molecule has 0 spiro atoms. The van der Waals surface area contributed by atoms with Crippen LogP contribution in [0.3, 0.4) is 0 Å². The lowest BCUT2D eigenvalue weighted by molar-refractivity contribution is -0.132. The normalized spacial score (nSPS) is 16.5. The molecule has 5 nitrogen and oxygen atoms in total. The van der Waals surface area contributed by atoms with Gasteiger partial charge in [0.05, 0.1) is 6.33 Å². The fourth-order valence-electron chi connectivity index (χ4n) is 5.09. The predicted molar refractivity (Wildman–Crippen MR) is 124 cm³/mol. The van der Waals surface area contributed by atoms with Crippen LogP contribution in [0.5, 0.6) is 0 Å². The van der Waals surface area contributed by atoms with Crippen LogP contribution in [0.15, 0.2) is 61.1 Å². The average molecular weight is 415 g/mol. The molecule has 160 valence electrons. The van der Waals surface area contributed by atoms with Crippen LogP contribution in [0.25, 0.3) is 0 Å². The molecule has 1 N–H and O–H groups in total. The third-order valence-corrected chi connectivity index (χ3v) is 6.81. The fraction of sp³-hybridized carbons (Fsp3) is 0.385. The van der Waals surface area contributed by atoms with Gasteiger partial charge >= 0.3 is 0 Å². The molecular weight excluding hydrogens is 384 g/mol. The Bertz CT molecular complexity index is 974. The van der Waals surface area contributed by atoms with E-state index in [2.05, 4.69) is 68.3 Å². The van der Waals surface area contributed by atoms with Crippen LogP contribution in [0.2, 0.25) is 0 Å². The summed E-state index contributed by atoms with van der Waals surface area (Å²) >= 11 is 0. The number of rotatable bonds is 5. The number of carbonyl (C=O) groups is 1. The maximum absolute atomic E-state index is 12.9. The largest absolute Gasteiger partial charge is 0.348 e. The summed E-state index contributed by atoms with van der Waals surface area (Å²) in [4.78, 5) is 24.7. The SMILES string of the molecule is O=C(CCCN1c2ccccc2CCc2ccccc21)N1CCC(c2cnc[nH]2)CC1. The number of benzene rings is 2. The number of likely N-dealkylation sites (tertiary alicyclic amines) is 1. The minimum atomic E-state index is 0.291. The minimum absolute atomic E-state index is 0.291. The molecule has 1 amide bonds. The molecule has 5 rings (SSSR count). The Labute approximate surface area is 184 Å². The molecule has 5 heteroatoms. The van der Waals surface area contributed by atoms with Crippen LogP contribution in [-0.4, -0.2) is 40.4 Å². The Balaban J connectivity index is 1.21. The van der Waals surface area contributed by atoms with Crippen LogP contribution in [0, 0.1) is 0 Å². The van der Waals surface area contributed by atoms with E-state index in [1.807, 2.05) is 6.20 Å². The Morgan fingerprint density at radius 3 is 2.23 bits per heavy atom. The zero-order valence-corrected chi connectivity index (χ0v) is 18.0.